The van der Waals surface area contributed by atoms with E-state index in [1.165, 1.54) is 12.4 Å². The van der Waals surface area contributed by atoms with Crippen molar-refractivity contribution in [3.63, 3.8) is 0 Å². The Bertz CT molecular complexity index is 813. The fourth-order valence-electron chi connectivity index (χ4n) is 3.28. The van der Waals surface area contributed by atoms with Gasteiger partial charge in [-0.3, -0.25) is 4.79 Å². The number of halogens is 3. The van der Waals surface area contributed by atoms with E-state index in [0.717, 1.165) is 25.3 Å². The van der Waals surface area contributed by atoms with Gasteiger partial charge in [-0.15, -0.1) is 0 Å². The maximum atomic E-state index is 13.2. The molecule has 1 fully saturated rings. The van der Waals surface area contributed by atoms with Crippen molar-refractivity contribution in [2.24, 2.45) is 0 Å². The molecule has 1 saturated heterocycles. The Morgan fingerprint density at radius 3 is 2.79 bits per heavy atom. The van der Waals surface area contributed by atoms with Crippen LogP contribution >= 0.6 is 0 Å². The molecule has 3 rings (SSSR count). The summed E-state index contributed by atoms with van der Waals surface area (Å²) >= 11 is 0. The van der Waals surface area contributed by atoms with E-state index in [-0.39, 0.29) is 24.9 Å². The monoisotopic (exact) mass is 393 g/mol. The lowest BCUT2D eigenvalue weighted by Crippen LogP contribution is -2.39. The maximum absolute atomic E-state index is 13.2. The van der Waals surface area contributed by atoms with E-state index in [1.807, 2.05) is 11.8 Å². The summed E-state index contributed by atoms with van der Waals surface area (Å²) in [6, 6.07) is 4.10. The number of nitrogens with zero attached hydrogens (tertiary/aromatic N) is 4. The van der Waals surface area contributed by atoms with Crippen molar-refractivity contribution >= 4 is 11.7 Å². The molecule has 0 saturated carbocycles. The Balaban J connectivity index is 1.78. The van der Waals surface area contributed by atoms with Crippen molar-refractivity contribution in [3.05, 3.63) is 47.7 Å². The molecule has 3 heterocycles. The molecule has 150 valence electrons. The number of hydrogen-bond donors (Lipinski definition) is 1. The van der Waals surface area contributed by atoms with Crippen molar-refractivity contribution in [3.8, 4) is 0 Å². The van der Waals surface area contributed by atoms with Crippen molar-refractivity contribution in [1.82, 2.24) is 20.3 Å². The van der Waals surface area contributed by atoms with E-state index >= 15 is 0 Å². The third-order valence-electron chi connectivity index (χ3n) is 4.78. The fraction of sp³-hybridized carbons (Fsp3) is 0.474. The lowest BCUT2D eigenvalue weighted by atomic mass is 10.0. The Kier molecular flexibility index (Phi) is 6.11. The first kappa shape index (κ1) is 20.0. The number of hydrogen-bond acceptors (Lipinski definition) is 5. The summed E-state index contributed by atoms with van der Waals surface area (Å²) in [4.78, 5) is 25.8. The molecule has 0 radical (unpaired) electrons. The molecule has 28 heavy (non-hydrogen) atoms. The third kappa shape index (κ3) is 4.96. The number of piperidine rings is 1. The molecule has 9 heteroatoms. The van der Waals surface area contributed by atoms with Crippen LogP contribution in [-0.4, -0.2) is 33.4 Å². The fourth-order valence-corrected chi connectivity index (χ4v) is 3.28. The summed E-state index contributed by atoms with van der Waals surface area (Å²) in [6.45, 7) is 2.74. The van der Waals surface area contributed by atoms with E-state index < -0.39 is 11.9 Å². The highest BCUT2D eigenvalue weighted by molar-refractivity contribution is 5.78. The first-order chi connectivity index (χ1) is 13.3. The number of aromatic nitrogens is 3. The van der Waals surface area contributed by atoms with E-state index in [9.17, 15) is 18.0 Å². The van der Waals surface area contributed by atoms with Gasteiger partial charge in [0.05, 0.1) is 12.1 Å². The number of carbonyl (C=O) groups is 1. The smallest absolute Gasteiger partial charge is 0.354 e. The van der Waals surface area contributed by atoms with Gasteiger partial charge in [0.1, 0.15) is 17.8 Å². The molecule has 6 nitrogen and oxygen atoms in total. The SMILES string of the molecule is CC1CCCCN1c1nc(C(F)(F)F)ccc1CNC(=O)Cc1ccncn1. The quantitative estimate of drug-likeness (QED) is 0.845. The van der Waals surface area contributed by atoms with Gasteiger partial charge in [-0.2, -0.15) is 13.2 Å². The average molecular weight is 393 g/mol. The van der Waals surface area contributed by atoms with Crippen LogP contribution < -0.4 is 10.2 Å². The lowest BCUT2D eigenvalue weighted by Gasteiger charge is -2.36. The van der Waals surface area contributed by atoms with Crippen LogP contribution in [0.15, 0.2) is 30.7 Å². The highest BCUT2D eigenvalue weighted by atomic mass is 19.4. The summed E-state index contributed by atoms with van der Waals surface area (Å²) in [5, 5.41) is 2.75. The summed E-state index contributed by atoms with van der Waals surface area (Å²) in [7, 11) is 0. The zero-order valence-electron chi connectivity index (χ0n) is 15.5. The van der Waals surface area contributed by atoms with Crippen molar-refractivity contribution < 1.29 is 18.0 Å². The Morgan fingerprint density at radius 2 is 2.11 bits per heavy atom. The van der Waals surface area contributed by atoms with E-state index in [1.54, 1.807) is 12.3 Å². The average Bonchev–Trinajstić information content (AvgIpc) is 2.67. The van der Waals surface area contributed by atoms with Gasteiger partial charge < -0.3 is 10.2 Å². The number of carbonyl (C=O) groups excluding carboxylic acids is 1. The second kappa shape index (κ2) is 8.53. The minimum atomic E-state index is -4.51. The largest absolute Gasteiger partial charge is 0.433 e. The van der Waals surface area contributed by atoms with Gasteiger partial charge in [-0.25, -0.2) is 15.0 Å². The molecule has 1 amide bonds. The molecule has 0 aromatic carbocycles. The molecular formula is C19H22F3N5O. The second-order valence-corrected chi connectivity index (χ2v) is 6.87. The van der Waals surface area contributed by atoms with Gasteiger partial charge in [-0.05, 0) is 38.3 Å². The first-order valence-electron chi connectivity index (χ1n) is 9.20. The number of alkyl halides is 3. The Hall–Kier alpha value is -2.71. The van der Waals surface area contributed by atoms with E-state index in [2.05, 4.69) is 20.3 Å². The number of anilines is 1. The minimum absolute atomic E-state index is 0.0754. The number of nitrogens with one attached hydrogen (secondary N) is 1. The topological polar surface area (TPSA) is 71.0 Å². The molecule has 0 aliphatic carbocycles. The zero-order chi connectivity index (χ0) is 20.1. The van der Waals surface area contributed by atoms with Crippen LogP contribution in [0.4, 0.5) is 19.0 Å². The van der Waals surface area contributed by atoms with Crippen LogP contribution in [0, 0.1) is 0 Å². The molecule has 1 atom stereocenters. The van der Waals surface area contributed by atoms with Gasteiger partial charge in [0, 0.05) is 30.9 Å². The van der Waals surface area contributed by atoms with Gasteiger partial charge in [0.15, 0.2) is 0 Å². The zero-order valence-corrected chi connectivity index (χ0v) is 15.5. The van der Waals surface area contributed by atoms with Gasteiger partial charge in [0.2, 0.25) is 5.91 Å². The number of rotatable bonds is 5. The molecule has 0 bridgehead atoms. The third-order valence-corrected chi connectivity index (χ3v) is 4.78. The van der Waals surface area contributed by atoms with Crippen LogP contribution in [0.3, 0.4) is 0 Å². The summed E-state index contributed by atoms with van der Waals surface area (Å²) in [5.74, 6) is 0.0283. The molecule has 2 aromatic heterocycles. The number of pyridine rings is 1. The molecule has 1 unspecified atom stereocenters. The molecule has 1 N–H and O–H groups in total. The van der Waals surface area contributed by atoms with Crippen LogP contribution in [-0.2, 0) is 23.9 Å². The molecule has 1 aliphatic rings. The first-order valence-corrected chi connectivity index (χ1v) is 9.20. The van der Waals surface area contributed by atoms with Crippen LogP contribution in [0.2, 0.25) is 0 Å². The van der Waals surface area contributed by atoms with E-state index in [0.29, 0.717) is 23.6 Å². The van der Waals surface area contributed by atoms with Crippen LogP contribution in [0.1, 0.15) is 43.1 Å². The molecular weight excluding hydrogens is 371 g/mol. The normalized spacial score (nSPS) is 17.4. The molecule has 1 aliphatic heterocycles. The van der Waals surface area contributed by atoms with Gasteiger partial charge in [0.25, 0.3) is 0 Å². The Morgan fingerprint density at radius 1 is 1.29 bits per heavy atom. The number of amides is 1. The second-order valence-electron chi connectivity index (χ2n) is 6.87. The van der Waals surface area contributed by atoms with Gasteiger partial charge in [-0.1, -0.05) is 6.07 Å². The predicted octanol–water partition coefficient (Wildman–Crippen LogP) is 3.13. The molecule has 2 aromatic rings. The Labute approximate surface area is 161 Å². The summed E-state index contributed by atoms with van der Waals surface area (Å²) < 4.78 is 39.5. The van der Waals surface area contributed by atoms with Crippen molar-refractivity contribution in [2.45, 2.75) is 51.4 Å². The van der Waals surface area contributed by atoms with Crippen LogP contribution in [0.25, 0.3) is 0 Å². The summed E-state index contributed by atoms with van der Waals surface area (Å²) in [6.07, 6.45) is 1.32. The van der Waals surface area contributed by atoms with E-state index in [4.69, 9.17) is 0 Å². The van der Waals surface area contributed by atoms with Crippen molar-refractivity contribution in [1.29, 1.82) is 0 Å². The van der Waals surface area contributed by atoms with Crippen molar-refractivity contribution in [2.75, 3.05) is 11.4 Å². The standard InChI is InChI=1S/C19H22F3N5O/c1-13-4-2-3-9-27(13)18-14(5-6-16(26-18)19(20,21)22)11-24-17(28)10-15-7-8-23-12-25-15/h5-8,12-13H,2-4,9-11H2,1H3,(H,24,28). The maximum Gasteiger partial charge on any atom is 0.433 e. The summed E-state index contributed by atoms with van der Waals surface area (Å²) in [5.41, 5.74) is 0.219. The minimum Gasteiger partial charge on any atom is -0.354 e. The predicted molar refractivity (Wildman–Crippen MR) is 97.5 cm³/mol. The lowest BCUT2D eigenvalue weighted by molar-refractivity contribution is -0.141. The van der Waals surface area contributed by atoms with Gasteiger partial charge >= 0.3 is 6.18 Å². The highest BCUT2D eigenvalue weighted by Gasteiger charge is 2.34. The van der Waals surface area contributed by atoms with Crippen LogP contribution in [0.5, 0.6) is 0 Å². The highest BCUT2D eigenvalue weighted by Crippen LogP contribution is 2.32. The molecule has 0 spiro atoms.